The van der Waals surface area contributed by atoms with Crippen LogP contribution in [0.25, 0.3) is 10.9 Å². The van der Waals surface area contributed by atoms with Crippen molar-refractivity contribution in [3.05, 3.63) is 78.1 Å². The number of ether oxygens (including phenoxy) is 3. The molecular weight excluding hydrogens is 594 g/mol. The van der Waals surface area contributed by atoms with Crippen LogP contribution >= 0.6 is 0 Å². The first-order valence-electron chi connectivity index (χ1n) is 15.6. The summed E-state index contributed by atoms with van der Waals surface area (Å²) in [4.78, 5) is 25.5. The van der Waals surface area contributed by atoms with Crippen LogP contribution in [0.4, 0.5) is 30.8 Å². The number of hydrogen-bond donors (Lipinski definition) is 2. The van der Waals surface area contributed by atoms with Gasteiger partial charge in [-0.2, -0.15) is 0 Å². The minimum Gasteiger partial charge on any atom is -0.494 e. The molecule has 3 aromatic carbocycles. The van der Waals surface area contributed by atoms with Crippen molar-refractivity contribution in [3.63, 3.8) is 0 Å². The first-order chi connectivity index (χ1) is 22.4. The third-order valence-electron chi connectivity index (χ3n) is 8.25. The van der Waals surface area contributed by atoms with Gasteiger partial charge in [0.15, 0.2) is 0 Å². The second kappa shape index (κ2) is 14.7. The smallest absolute Gasteiger partial charge is 0.322 e. The summed E-state index contributed by atoms with van der Waals surface area (Å²) < 4.78 is 45.7. The summed E-state index contributed by atoms with van der Waals surface area (Å²) in [6.45, 7) is 7.94. The molecule has 242 valence electrons. The lowest BCUT2D eigenvalue weighted by atomic mass is 10.1. The highest BCUT2D eigenvalue weighted by Crippen LogP contribution is 2.30. The maximum absolute atomic E-state index is 13.9. The maximum atomic E-state index is 13.9. The zero-order chi connectivity index (χ0) is 31.9. The number of anilines is 3. The van der Waals surface area contributed by atoms with Crippen LogP contribution < -0.4 is 20.1 Å². The number of benzene rings is 3. The highest BCUT2D eigenvalue weighted by Gasteiger charge is 2.25. The molecule has 2 saturated heterocycles. The second-order valence-corrected chi connectivity index (χ2v) is 11.5. The number of fused-ring (bicyclic) bond motifs is 1. The Morgan fingerprint density at radius 1 is 1.00 bits per heavy atom. The number of urea groups is 1. The van der Waals surface area contributed by atoms with Crippen molar-refractivity contribution >= 4 is 34.1 Å². The molecule has 3 heterocycles. The predicted octanol–water partition coefficient (Wildman–Crippen LogP) is 6.14. The molecule has 0 bridgehead atoms. The van der Waals surface area contributed by atoms with E-state index in [0.29, 0.717) is 38.4 Å². The number of morpholine rings is 1. The predicted molar refractivity (Wildman–Crippen MR) is 172 cm³/mol. The zero-order valence-corrected chi connectivity index (χ0v) is 25.8. The average molecular weight is 633 g/mol. The summed E-state index contributed by atoms with van der Waals surface area (Å²) in [5.41, 5.74) is 2.18. The van der Waals surface area contributed by atoms with E-state index in [9.17, 15) is 13.6 Å². The third-order valence-corrected chi connectivity index (χ3v) is 8.25. The molecule has 0 aliphatic carbocycles. The van der Waals surface area contributed by atoms with Gasteiger partial charge in [-0.1, -0.05) is 6.07 Å². The van der Waals surface area contributed by atoms with Gasteiger partial charge in [0.2, 0.25) is 0 Å². The summed E-state index contributed by atoms with van der Waals surface area (Å²) in [5.74, 6) is 0.588. The van der Waals surface area contributed by atoms with E-state index in [0.717, 1.165) is 85.1 Å². The highest BCUT2D eigenvalue weighted by atomic mass is 19.1. The Morgan fingerprint density at radius 3 is 2.54 bits per heavy atom. The van der Waals surface area contributed by atoms with Crippen molar-refractivity contribution in [1.82, 2.24) is 19.8 Å². The molecule has 2 amide bonds. The first kappa shape index (κ1) is 31.4. The van der Waals surface area contributed by atoms with Gasteiger partial charge in [-0.15, -0.1) is 0 Å². The summed E-state index contributed by atoms with van der Waals surface area (Å²) in [5, 5.41) is 6.63. The van der Waals surface area contributed by atoms with Crippen LogP contribution in [0.5, 0.6) is 11.5 Å². The second-order valence-electron chi connectivity index (χ2n) is 11.5. The Hall–Kier alpha value is -4.55. The lowest BCUT2D eigenvalue weighted by Crippen LogP contribution is -2.44. The van der Waals surface area contributed by atoms with Gasteiger partial charge >= 0.3 is 6.03 Å². The van der Waals surface area contributed by atoms with E-state index in [1.165, 1.54) is 12.4 Å². The van der Waals surface area contributed by atoms with Gasteiger partial charge in [0.05, 0.1) is 25.3 Å². The molecule has 2 aliphatic rings. The topological polar surface area (TPSA) is 101 Å². The fourth-order valence-electron chi connectivity index (χ4n) is 5.68. The van der Waals surface area contributed by atoms with Crippen LogP contribution in [0.15, 0.2) is 60.9 Å². The quantitative estimate of drug-likeness (QED) is 0.201. The van der Waals surface area contributed by atoms with Gasteiger partial charge in [-0.05, 0) is 67.4 Å². The molecule has 12 heteroatoms. The van der Waals surface area contributed by atoms with Crippen molar-refractivity contribution < 1.29 is 27.8 Å². The van der Waals surface area contributed by atoms with Crippen molar-refractivity contribution in [2.75, 3.05) is 63.2 Å². The Kier molecular flexibility index (Phi) is 10.0. The number of likely N-dealkylation sites (tertiary alicyclic amines) is 1. The van der Waals surface area contributed by atoms with Crippen LogP contribution in [-0.2, 0) is 4.74 Å². The maximum Gasteiger partial charge on any atom is 0.322 e. The van der Waals surface area contributed by atoms with E-state index in [1.54, 1.807) is 4.90 Å². The monoisotopic (exact) mass is 632 g/mol. The molecule has 0 atom stereocenters. The average Bonchev–Trinajstić information content (AvgIpc) is 3.07. The van der Waals surface area contributed by atoms with Crippen molar-refractivity contribution in [2.45, 2.75) is 32.3 Å². The summed E-state index contributed by atoms with van der Waals surface area (Å²) >= 11 is 0. The Labute approximate surface area is 266 Å². The number of para-hydroxylation sites is 1. The van der Waals surface area contributed by atoms with E-state index in [2.05, 4.69) is 25.5 Å². The van der Waals surface area contributed by atoms with Crippen molar-refractivity contribution in [1.29, 1.82) is 0 Å². The van der Waals surface area contributed by atoms with Gasteiger partial charge < -0.3 is 29.7 Å². The minimum atomic E-state index is -0.808. The third kappa shape index (κ3) is 7.80. The molecule has 0 spiro atoms. The van der Waals surface area contributed by atoms with Crippen LogP contribution in [0.3, 0.4) is 0 Å². The molecule has 46 heavy (non-hydrogen) atoms. The van der Waals surface area contributed by atoms with E-state index in [4.69, 9.17) is 14.2 Å². The fourth-order valence-corrected chi connectivity index (χ4v) is 5.68. The Bertz CT molecular complexity index is 1640. The van der Waals surface area contributed by atoms with Gasteiger partial charge in [0.1, 0.15) is 47.1 Å². The number of carbonyl (C=O) groups is 1. The summed E-state index contributed by atoms with van der Waals surface area (Å²) in [6.07, 6.45) is 3.57. The molecule has 1 aromatic heterocycles. The molecule has 10 nitrogen and oxygen atoms in total. The number of carbonyl (C=O) groups excluding carboxylic acids is 1. The minimum absolute atomic E-state index is 0.0927. The fraction of sp³-hybridized carbons (Fsp3) is 0.382. The lowest BCUT2D eigenvalue weighted by molar-refractivity contribution is 0.0358. The van der Waals surface area contributed by atoms with Crippen LogP contribution in [0.2, 0.25) is 0 Å². The lowest BCUT2D eigenvalue weighted by Gasteiger charge is -2.32. The van der Waals surface area contributed by atoms with Crippen LogP contribution in [0, 0.1) is 18.6 Å². The zero-order valence-electron chi connectivity index (χ0n) is 25.8. The molecule has 2 aliphatic heterocycles. The van der Waals surface area contributed by atoms with Crippen LogP contribution in [-0.4, -0.2) is 84.4 Å². The molecule has 2 N–H and O–H groups in total. The van der Waals surface area contributed by atoms with Gasteiger partial charge in [-0.25, -0.2) is 23.5 Å². The molecule has 0 unspecified atom stereocenters. The molecule has 2 fully saturated rings. The molecule has 0 radical (unpaired) electrons. The number of nitrogens with zero attached hydrogens (tertiary/aromatic N) is 4. The first-order valence-corrected chi connectivity index (χ1v) is 15.6. The number of aryl methyl sites for hydroxylation is 1. The van der Waals surface area contributed by atoms with Crippen LogP contribution in [0.1, 0.15) is 24.8 Å². The highest BCUT2D eigenvalue weighted by molar-refractivity contribution is 5.92. The van der Waals surface area contributed by atoms with E-state index >= 15 is 0 Å². The van der Waals surface area contributed by atoms with E-state index in [-0.39, 0.29) is 6.10 Å². The standard InChI is InChI=1S/C34H38F2N6O4/c1-23-20-24(6-9-31(23)46-25-10-13-42(14-11-25)34(43)40-32-28(35)4-2-5-29(32)36)39-33-27-21-26(7-8-30(27)37-22-38-33)45-17-3-12-41-15-18-44-19-16-41/h2,4-9,20-22,25H,3,10-19H2,1H3,(H,40,43)(H,37,38,39). The van der Waals surface area contributed by atoms with E-state index in [1.807, 2.05) is 43.3 Å². The number of piperidine rings is 1. The number of aromatic nitrogens is 2. The Balaban J connectivity index is 1.02. The molecule has 4 aromatic rings. The number of halogens is 2. The largest absolute Gasteiger partial charge is 0.494 e. The number of nitrogens with one attached hydrogen (secondary N) is 2. The molecule has 0 saturated carbocycles. The van der Waals surface area contributed by atoms with Gasteiger partial charge in [0, 0.05) is 56.6 Å². The van der Waals surface area contributed by atoms with Crippen molar-refractivity contribution in [2.24, 2.45) is 0 Å². The van der Waals surface area contributed by atoms with E-state index < -0.39 is 23.4 Å². The number of amides is 2. The molecule has 6 rings (SSSR count). The van der Waals surface area contributed by atoms with Crippen molar-refractivity contribution in [3.8, 4) is 11.5 Å². The molecular formula is C34H38F2N6O4. The van der Waals surface area contributed by atoms with Gasteiger partial charge in [0.25, 0.3) is 0 Å². The number of hydrogen-bond acceptors (Lipinski definition) is 8. The summed E-state index contributed by atoms with van der Waals surface area (Å²) in [6, 6.07) is 14.6. The Morgan fingerprint density at radius 2 is 1.78 bits per heavy atom. The number of rotatable bonds is 10. The normalized spacial score (nSPS) is 15.9. The van der Waals surface area contributed by atoms with Gasteiger partial charge in [-0.3, -0.25) is 4.90 Å². The summed E-state index contributed by atoms with van der Waals surface area (Å²) in [7, 11) is 0. The SMILES string of the molecule is Cc1cc(Nc2ncnc3ccc(OCCCN4CCOCC4)cc23)ccc1OC1CCN(C(=O)Nc2c(F)cccc2F)CC1.